The lowest BCUT2D eigenvalue weighted by Gasteiger charge is -2.28. The lowest BCUT2D eigenvalue weighted by Crippen LogP contribution is -2.37. The Morgan fingerprint density at radius 3 is 2.58 bits per heavy atom. The molecule has 0 atom stereocenters. The van der Waals surface area contributed by atoms with E-state index in [2.05, 4.69) is 22.5 Å². The normalized spacial score (nSPS) is 22.8. The highest BCUT2D eigenvalue weighted by atomic mass is 16.1. The van der Waals surface area contributed by atoms with Gasteiger partial charge in [-0.15, -0.1) is 0 Å². The van der Waals surface area contributed by atoms with E-state index >= 15 is 0 Å². The topological polar surface area (TPSA) is 54.0 Å². The van der Waals surface area contributed by atoms with Gasteiger partial charge >= 0.3 is 0 Å². The van der Waals surface area contributed by atoms with Crippen molar-refractivity contribution < 1.29 is 4.79 Å². The smallest absolute Gasteiger partial charge is 0.270 e. The van der Waals surface area contributed by atoms with Gasteiger partial charge in [0.15, 0.2) is 0 Å². The second kappa shape index (κ2) is 6.55. The van der Waals surface area contributed by atoms with Crippen LogP contribution in [0.2, 0.25) is 0 Å². The van der Waals surface area contributed by atoms with Crippen LogP contribution in [0, 0.1) is 5.92 Å². The van der Waals surface area contributed by atoms with Gasteiger partial charge in [-0.3, -0.25) is 4.79 Å². The molecule has 1 saturated carbocycles. The fraction of sp³-hybridized carbons (Fsp3) is 0.600. The van der Waals surface area contributed by atoms with E-state index < -0.39 is 0 Å². The summed E-state index contributed by atoms with van der Waals surface area (Å²) in [5, 5.41) is 6.09. The van der Waals surface area contributed by atoms with Gasteiger partial charge in [0.1, 0.15) is 5.69 Å². The lowest BCUT2D eigenvalue weighted by atomic mass is 9.84. The Bertz CT molecular complexity index is 408. The Hall–Kier alpha value is -1.58. The van der Waals surface area contributed by atoms with Crippen LogP contribution in [0.25, 0.3) is 0 Å². The van der Waals surface area contributed by atoms with E-state index in [-0.39, 0.29) is 5.91 Å². The fourth-order valence-electron chi connectivity index (χ4n) is 2.65. The number of hydrogen-bond donors (Lipinski definition) is 2. The molecule has 4 heteroatoms. The van der Waals surface area contributed by atoms with Gasteiger partial charge in [-0.05, 0) is 43.7 Å². The first-order valence-electron chi connectivity index (χ1n) is 7.17. The third-order valence-electron chi connectivity index (χ3n) is 4.04. The number of anilines is 1. The number of aromatic nitrogens is 1. The first kappa shape index (κ1) is 13.8. The van der Waals surface area contributed by atoms with E-state index in [1.165, 1.54) is 19.3 Å². The first-order valence-corrected chi connectivity index (χ1v) is 7.17. The Kier molecular flexibility index (Phi) is 4.77. The molecule has 0 bridgehead atoms. The second-order valence-corrected chi connectivity index (χ2v) is 5.28. The van der Waals surface area contributed by atoms with Crippen LogP contribution in [0.3, 0.4) is 0 Å². The number of nitrogens with zero attached hydrogens (tertiary/aromatic N) is 1. The fourth-order valence-corrected chi connectivity index (χ4v) is 2.65. The van der Waals surface area contributed by atoms with Crippen molar-refractivity contribution >= 4 is 11.6 Å². The number of carbonyl (C=O) groups excluding carboxylic acids is 1. The zero-order chi connectivity index (χ0) is 13.7. The predicted octanol–water partition coefficient (Wildman–Crippen LogP) is 2.82. The van der Waals surface area contributed by atoms with Gasteiger partial charge < -0.3 is 10.6 Å². The molecule has 1 amide bonds. The maximum atomic E-state index is 12.1. The molecule has 104 valence electrons. The molecule has 1 aliphatic rings. The number of rotatable bonds is 4. The second-order valence-electron chi connectivity index (χ2n) is 5.28. The van der Waals surface area contributed by atoms with Crippen molar-refractivity contribution in [1.82, 2.24) is 10.3 Å². The van der Waals surface area contributed by atoms with E-state index in [4.69, 9.17) is 0 Å². The van der Waals surface area contributed by atoms with Crippen molar-refractivity contribution in [1.29, 1.82) is 0 Å². The zero-order valence-corrected chi connectivity index (χ0v) is 11.8. The van der Waals surface area contributed by atoms with Crippen molar-refractivity contribution in [2.45, 2.75) is 45.1 Å². The molecular weight excluding hydrogens is 238 g/mol. The van der Waals surface area contributed by atoms with E-state index in [0.29, 0.717) is 11.7 Å². The summed E-state index contributed by atoms with van der Waals surface area (Å²) in [5.74, 6) is 0.795. The highest BCUT2D eigenvalue weighted by Crippen LogP contribution is 2.26. The molecule has 19 heavy (non-hydrogen) atoms. The van der Waals surface area contributed by atoms with Crippen LogP contribution in [-0.4, -0.2) is 24.0 Å². The molecule has 0 saturated heterocycles. The van der Waals surface area contributed by atoms with Crippen LogP contribution < -0.4 is 10.6 Å². The number of amides is 1. The monoisotopic (exact) mass is 261 g/mol. The van der Waals surface area contributed by atoms with Crippen LogP contribution in [0.4, 0.5) is 5.69 Å². The third-order valence-corrected chi connectivity index (χ3v) is 4.04. The quantitative estimate of drug-likeness (QED) is 0.876. The summed E-state index contributed by atoms with van der Waals surface area (Å²) >= 11 is 0. The molecule has 1 fully saturated rings. The summed E-state index contributed by atoms with van der Waals surface area (Å²) in [5.41, 5.74) is 1.41. The van der Waals surface area contributed by atoms with Crippen molar-refractivity contribution in [3.8, 4) is 0 Å². The summed E-state index contributed by atoms with van der Waals surface area (Å²) < 4.78 is 0. The highest BCUT2D eigenvalue weighted by Gasteiger charge is 2.21. The largest absolute Gasteiger partial charge is 0.387 e. The summed E-state index contributed by atoms with van der Waals surface area (Å²) in [7, 11) is 1.84. The zero-order valence-electron chi connectivity index (χ0n) is 11.8. The van der Waals surface area contributed by atoms with Crippen LogP contribution in [0.5, 0.6) is 0 Å². The average molecular weight is 261 g/mol. The number of hydrogen-bond acceptors (Lipinski definition) is 3. The van der Waals surface area contributed by atoms with Gasteiger partial charge in [-0.2, -0.15) is 0 Å². The lowest BCUT2D eigenvalue weighted by molar-refractivity contribution is 0.0916. The molecule has 4 nitrogen and oxygen atoms in total. The van der Waals surface area contributed by atoms with Crippen LogP contribution in [0.1, 0.15) is 49.5 Å². The Morgan fingerprint density at radius 1 is 1.32 bits per heavy atom. The molecule has 0 spiro atoms. The standard InChI is InChI=1S/C15H23N3O/c1-3-11-4-6-12(7-5-11)18-15(19)14-9-8-13(16-2)10-17-14/h8-12,16H,3-7H2,1-2H3,(H,18,19). The molecular formula is C15H23N3O. The molecule has 2 N–H and O–H groups in total. The summed E-state index contributed by atoms with van der Waals surface area (Å²) in [6.07, 6.45) is 7.59. The van der Waals surface area contributed by atoms with Gasteiger partial charge in [0.05, 0.1) is 11.9 Å². The highest BCUT2D eigenvalue weighted by molar-refractivity contribution is 5.92. The molecule has 1 aliphatic carbocycles. The maximum Gasteiger partial charge on any atom is 0.270 e. The van der Waals surface area contributed by atoms with E-state index in [1.807, 2.05) is 13.1 Å². The molecule has 0 aromatic carbocycles. The van der Waals surface area contributed by atoms with Gasteiger partial charge in [0, 0.05) is 13.1 Å². The average Bonchev–Trinajstić information content (AvgIpc) is 2.48. The molecule has 2 rings (SSSR count). The minimum absolute atomic E-state index is 0.0531. The summed E-state index contributed by atoms with van der Waals surface area (Å²) in [6.45, 7) is 2.25. The molecule has 1 aromatic rings. The van der Waals surface area contributed by atoms with E-state index in [0.717, 1.165) is 24.4 Å². The Labute approximate surface area is 115 Å². The summed E-state index contributed by atoms with van der Waals surface area (Å²) in [4.78, 5) is 16.2. The molecule has 0 radical (unpaired) electrons. The van der Waals surface area contributed by atoms with Crippen LogP contribution in [0.15, 0.2) is 18.3 Å². The van der Waals surface area contributed by atoms with E-state index in [1.54, 1.807) is 12.3 Å². The van der Waals surface area contributed by atoms with Crippen molar-refractivity contribution in [2.75, 3.05) is 12.4 Å². The molecule has 0 unspecified atom stereocenters. The van der Waals surface area contributed by atoms with Gasteiger partial charge in [0.25, 0.3) is 5.91 Å². The van der Waals surface area contributed by atoms with Crippen molar-refractivity contribution in [2.24, 2.45) is 5.92 Å². The number of carbonyl (C=O) groups is 1. The SMILES string of the molecule is CCC1CCC(NC(=O)c2ccc(NC)cn2)CC1. The minimum atomic E-state index is -0.0531. The van der Waals surface area contributed by atoms with Crippen molar-refractivity contribution in [3.05, 3.63) is 24.0 Å². The van der Waals surface area contributed by atoms with Gasteiger partial charge in [-0.25, -0.2) is 4.98 Å². The van der Waals surface area contributed by atoms with E-state index in [9.17, 15) is 4.79 Å². The minimum Gasteiger partial charge on any atom is -0.387 e. The number of nitrogens with one attached hydrogen (secondary N) is 2. The first-order chi connectivity index (χ1) is 9.22. The molecule has 0 aliphatic heterocycles. The number of pyridine rings is 1. The maximum absolute atomic E-state index is 12.1. The van der Waals surface area contributed by atoms with Gasteiger partial charge in [-0.1, -0.05) is 13.3 Å². The van der Waals surface area contributed by atoms with Gasteiger partial charge in [0.2, 0.25) is 0 Å². The van der Waals surface area contributed by atoms with Crippen LogP contribution in [-0.2, 0) is 0 Å². The van der Waals surface area contributed by atoms with Crippen LogP contribution >= 0.6 is 0 Å². The molecule has 1 aromatic heterocycles. The van der Waals surface area contributed by atoms with Crippen molar-refractivity contribution in [3.63, 3.8) is 0 Å². The predicted molar refractivity (Wildman–Crippen MR) is 77.3 cm³/mol. The third kappa shape index (κ3) is 3.69. The molecule has 1 heterocycles. The Morgan fingerprint density at radius 2 is 2.05 bits per heavy atom. The summed E-state index contributed by atoms with van der Waals surface area (Å²) in [6, 6.07) is 3.95. The Balaban J connectivity index is 1.87.